The molecule has 1 aromatic carbocycles. The number of halogens is 3. The van der Waals surface area contributed by atoms with Crippen molar-refractivity contribution < 1.29 is 27.8 Å². The predicted molar refractivity (Wildman–Crippen MR) is 101 cm³/mol. The molecule has 0 saturated carbocycles. The maximum atomic E-state index is 12.4. The molecule has 0 saturated heterocycles. The van der Waals surface area contributed by atoms with Crippen molar-refractivity contribution in [2.24, 2.45) is 0 Å². The second-order valence-corrected chi connectivity index (χ2v) is 7.94. The highest BCUT2D eigenvalue weighted by atomic mass is 32.1. The fraction of sp³-hybridized carbons (Fsp3) is 0.333. The first-order valence-corrected chi connectivity index (χ1v) is 9.29. The monoisotopic (exact) mass is 426 g/mol. The molecule has 0 fully saturated rings. The number of aromatic nitrogens is 3. The molecule has 0 aliphatic rings. The Hall–Kier alpha value is -2.95. The van der Waals surface area contributed by atoms with Crippen LogP contribution in [0, 0.1) is 0 Å². The Kier molecular flexibility index (Phi) is 5.35. The van der Waals surface area contributed by atoms with E-state index in [-0.39, 0.29) is 18.1 Å². The lowest BCUT2D eigenvalue weighted by molar-refractivity contribution is -0.274. The fourth-order valence-electron chi connectivity index (χ4n) is 2.63. The van der Waals surface area contributed by atoms with E-state index < -0.39 is 18.0 Å². The number of nitrogens with zero attached hydrogens (tertiary/aromatic N) is 4. The van der Waals surface area contributed by atoms with Gasteiger partial charge < -0.3 is 9.84 Å². The minimum Gasteiger partial charge on any atom is -0.465 e. The van der Waals surface area contributed by atoms with Gasteiger partial charge in [-0.2, -0.15) is 0 Å². The van der Waals surface area contributed by atoms with Gasteiger partial charge in [-0.1, -0.05) is 0 Å². The van der Waals surface area contributed by atoms with E-state index in [1.807, 2.05) is 0 Å². The molecule has 7 nitrogen and oxygen atoms in total. The van der Waals surface area contributed by atoms with Crippen LogP contribution in [0.5, 0.6) is 5.75 Å². The molecule has 0 unspecified atom stereocenters. The van der Waals surface area contributed by atoms with Crippen molar-refractivity contribution in [2.75, 3.05) is 0 Å². The zero-order chi connectivity index (χ0) is 21.4. The van der Waals surface area contributed by atoms with E-state index in [4.69, 9.17) is 0 Å². The number of thiazole rings is 1. The predicted octanol–water partition coefficient (Wildman–Crippen LogP) is 4.93. The maximum Gasteiger partial charge on any atom is 0.573 e. The van der Waals surface area contributed by atoms with Crippen LogP contribution in [0.1, 0.15) is 26.6 Å². The largest absolute Gasteiger partial charge is 0.573 e. The number of hydrogen-bond acceptors (Lipinski definition) is 6. The van der Waals surface area contributed by atoms with E-state index in [0.717, 1.165) is 0 Å². The van der Waals surface area contributed by atoms with Crippen LogP contribution in [0.2, 0.25) is 0 Å². The molecule has 0 bridgehead atoms. The molecule has 0 aliphatic heterocycles. The third-order valence-electron chi connectivity index (χ3n) is 3.95. The fourth-order valence-corrected chi connectivity index (χ4v) is 3.30. The molecular formula is C18H17F3N4O3S. The topological polar surface area (TPSA) is 88.4 Å². The summed E-state index contributed by atoms with van der Waals surface area (Å²) in [5.41, 5.74) is 2.31. The number of rotatable bonds is 4. The Morgan fingerprint density at radius 2 is 1.83 bits per heavy atom. The average Bonchev–Trinajstić information content (AvgIpc) is 3.05. The van der Waals surface area contributed by atoms with Gasteiger partial charge in [-0.15, -0.1) is 24.5 Å². The Morgan fingerprint density at radius 1 is 1.17 bits per heavy atom. The number of fused-ring (bicyclic) bond motifs is 1. The van der Waals surface area contributed by atoms with Crippen LogP contribution in [0.4, 0.5) is 18.0 Å². The third kappa shape index (κ3) is 4.91. The van der Waals surface area contributed by atoms with Gasteiger partial charge in [0, 0.05) is 11.1 Å². The zero-order valence-electron chi connectivity index (χ0n) is 15.7. The molecule has 0 atom stereocenters. The van der Waals surface area contributed by atoms with Gasteiger partial charge in [-0.25, -0.2) is 19.7 Å². The van der Waals surface area contributed by atoms with Crippen molar-refractivity contribution in [3.05, 3.63) is 35.6 Å². The van der Waals surface area contributed by atoms with Crippen LogP contribution in [-0.4, -0.2) is 43.0 Å². The summed E-state index contributed by atoms with van der Waals surface area (Å²) in [6.45, 7) is 5.22. The van der Waals surface area contributed by atoms with E-state index in [1.165, 1.54) is 40.5 Å². The van der Waals surface area contributed by atoms with Crippen molar-refractivity contribution >= 4 is 27.8 Å². The van der Waals surface area contributed by atoms with E-state index in [0.29, 0.717) is 21.6 Å². The van der Waals surface area contributed by atoms with E-state index in [2.05, 4.69) is 19.7 Å². The molecule has 3 aromatic rings. The second-order valence-electron chi connectivity index (χ2n) is 7.11. The summed E-state index contributed by atoms with van der Waals surface area (Å²) >= 11 is 1.26. The number of hydrogen-bond donors (Lipinski definition) is 1. The highest BCUT2D eigenvalue weighted by Gasteiger charge is 2.31. The van der Waals surface area contributed by atoms with Crippen LogP contribution in [-0.2, 0) is 6.54 Å². The van der Waals surface area contributed by atoms with Crippen LogP contribution < -0.4 is 4.74 Å². The summed E-state index contributed by atoms with van der Waals surface area (Å²) in [5, 5.41) is 9.51. The molecule has 2 heterocycles. The Labute approximate surface area is 167 Å². The molecule has 3 rings (SSSR count). The molecule has 1 amide bonds. The molecule has 154 valence electrons. The zero-order valence-corrected chi connectivity index (χ0v) is 16.5. The standard InChI is InChI=1S/C18H17F3N4O3S/c1-17(2,3)25(16(26)27)8-12-23-13(14-15(24-12)29-9-22-14)10-4-6-11(7-5-10)28-18(19,20)21/h4-7,9H,8H2,1-3H3,(H,26,27). The minimum absolute atomic E-state index is 0.0467. The van der Waals surface area contributed by atoms with Crippen molar-refractivity contribution in [3.63, 3.8) is 0 Å². The molecule has 1 N–H and O–H groups in total. The summed E-state index contributed by atoms with van der Waals surface area (Å²) in [4.78, 5) is 26.5. The number of ether oxygens (including phenoxy) is 1. The van der Waals surface area contributed by atoms with Crippen LogP contribution >= 0.6 is 11.3 Å². The highest BCUT2D eigenvalue weighted by molar-refractivity contribution is 7.16. The lowest BCUT2D eigenvalue weighted by Gasteiger charge is -2.32. The normalized spacial score (nSPS) is 12.2. The minimum atomic E-state index is -4.78. The van der Waals surface area contributed by atoms with Gasteiger partial charge >= 0.3 is 12.5 Å². The first-order valence-electron chi connectivity index (χ1n) is 8.41. The summed E-state index contributed by atoms with van der Waals surface area (Å²) in [7, 11) is 0. The Balaban J connectivity index is 2.00. The van der Waals surface area contributed by atoms with Gasteiger partial charge in [0.25, 0.3) is 0 Å². The third-order valence-corrected chi connectivity index (χ3v) is 4.66. The average molecular weight is 426 g/mol. The molecule has 0 spiro atoms. The van der Waals surface area contributed by atoms with Crippen LogP contribution in [0.3, 0.4) is 0 Å². The van der Waals surface area contributed by atoms with E-state index in [9.17, 15) is 23.1 Å². The van der Waals surface area contributed by atoms with Crippen molar-refractivity contribution in [3.8, 4) is 17.0 Å². The number of alkyl halides is 3. The lowest BCUT2D eigenvalue weighted by Crippen LogP contribution is -2.44. The van der Waals surface area contributed by atoms with Crippen LogP contribution in [0.15, 0.2) is 29.8 Å². The Bertz CT molecular complexity index is 1030. The van der Waals surface area contributed by atoms with Crippen molar-refractivity contribution in [1.29, 1.82) is 0 Å². The molecule has 0 aliphatic carbocycles. The highest BCUT2D eigenvalue weighted by Crippen LogP contribution is 2.30. The second kappa shape index (κ2) is 7.47. The van der Waals surface area contributed by atoms with Gasteiger partial charge in [0.1, 0.15) is 27.6 Å². The first kappa shape index (κ1) is 20.8. The smallest absolute Gasteiger partial charge is 0.465 e. The number of carboxylic acid groups (broad SMARTS) is 1. The molecule has 29 heavy (non-hydrogen) atoms. The summed E-state index contributed by atoms with van der Waals surface area (Å²) < 4.78 is 41.0. The van der Waals surface area contributed by atoms with Gasteiger partial charge in [0.15, 0.2) is 0 Å². The lowest BCUT2D eigenvalue weighted by atomic mass is 10.1. The van der Waals surface area contributed by atoms with Crippen molar-refractivity contribution in [1.82, 2.24) is 19.9 Å². The van der Waals surface area contributed by atoms with Crippen molar-refractivity contribution in [2.45, 2.75) is 39.2 Å². The van der Waals surface area contributed by atoms with Gasteiger partial charge in [-0.05, 0) is 45.0 Å². The number of amides is 1. The molecule has 0 radical (unpaired) electrons. The summed E-state index contributed by atoms with van der Waals surface area (Å²) in [5.74, 6) is -0.0838. The number of carbonyl (C=O) groups is 1. The Morgan fingerprint density at radius 3 is 2.38 bits per heavy atom. The maximum absolute atomic E-state index is 12.4. The number of benzene rings is 1. The quantitative estimate of drug-likeness (QED) is 0.636. The van der Waals surface area contributed by atoms with Gasteiger partial charge in [0.2, 0.25) is 0 Å². The summed E-state index contributed by atoms with van der Waals surface area (Å²) in [6.07, 6.45) is -5.89. The van der Waals surface area contributed by atoms with Crippen LogP contribution in [0.25, 0.3) is 21.6 Å². The van der Waals surface area contributed by atoms with E-state index in [1.54, 1.807) is 26.3 Å². The molecule has 11 heteroatoms. The van der Waals surface area contributed by atoms with Gasteiger partial charge in [-0.3, -0.25) is 4.90 Å². The summed E-state index contributed by atoms with van der Waals surface area (Å²) in [6, 6.07) is 5.23. The van der Waals surface area contributed by atoms with Gasteiger partial charge in [0.05, 0.1) is 12.1 Å². The SMILES string of the molecule is CC(C)(C)N(Cc1nc(-c2ccc(OC(F)(F)F)cc2)c2ncsc2n1)C(=O)O. The molecular weight excluding hydrogens is 409 g/mol. The van der Waals surface area contributed by atoms with E-state index >= 15 is 0 Å². The first-order chi connectivity index (χ1) is 13.4. The molecule has 2 aromatic heterocycles.